The van der Waals surface area contributed by atoms with Gasteiger partial charge in [0.2, 0.25) is 6.79 Å². The van der Waals surface area contributed by atoms with Gasteiger partial charge in [-0.05, 0) is 34.6 Å². The molecule has 0 saturated heterocycles. The summed E-state index contributed by atoms with van der Waals surface area (Å²) in [6, 6.07) is 0. The zero-order valence-electron chi connectivity index (χ0n) is 24.7. The molecule has 21 nitrogen and oxygen atoms in total. The molecule has 5 N–H and O–H groups in total. The number of rotatable bonds is 16. The van der Waals surface area contributed by atoms with Crippen LogP contribution in [0.1, 0.15) is 34.6 Å². The van der Waals surface area contributed by atoms with E-state index in [1.54, 1.807) is 39.2 Å². The first-order chi connectivity index (χ1) is 21.0. The van der Waals surface area contributed by atoms with Crippen molar-refractivity contribution in [1.82, 2.24) is 19.5 Å². The summed E-state index contributed by atoms with van der Waals surface area (Å²) in [5.41, 5.74) is 6.68. The summed E-state index contributed by atoms with van der Waals surface area (Å²) in [5.74, 6) is -2.29. The van der Waals surface area contributed by atoms with Crippen molar-refractivity contribution in [1.29, 1.82) is 0 Å². The summed E-state index contributed by atoms with van der Waals surface area (Å²) in [5, 5.41) is 15.6. The van der Waals surface area contributed by atoms with E-state index < -0.39 is 70.1 Å². The number of anilines is 1. The molecule has 0 aliphatic carbocycles. The molecule has 3 atom stereocenters. The summed E-state index contributed by atoms with van der Waals surface area (Å²) in [4.78, 5) is 68.9. The van der Waals surface area contributed by atoms with Crippen LogP contribution in [0.3, 0.4) is 0 Å². The highest BCUT2D eigenvalue weighted by molar-refractivity contribution is 7.47. The fourth-order valence-corrected chi connectivity index (χ4v) is 3.08. The van der Waals surface area contributed by atoms with Crippen LogP contribution < -0.4 is 5.73 Å². The Labute approximate surface area is 255 Å². The van der Waals surface area contributed by atoms with E-state index in [1.807, 2.05) is 0 Å². The first-order valence-corrected chi connectivity index (χ1v) is 14.2. The molecule has 0 aromatic carbocycles. The number of ether oxygens (including phenoxy) is 5. The second-order valence-electron chi connectivity index (χ2n) is 8.89. The normalized spacial score (nSPS) is 13.9. The Balaban J connectivity index is 0.00000111. The van der Waals surface area contributed by atoms with Gasteiger partial charge < -0.3 is 49.1 Å². The van der Waals surface area contributed by atoms with Gasteiger partial charge in [-0.15, -0.1) is 4.67 Å². The van der Waals surface area contributed by atoms with Crippen LogP contribution in [0.25, 0.3) is 11.2 Å². The molecule has 45 heavy (non-hydrogen) atoms. The van der Waals surface area contributed by atoms with Crippen LogP contribution in [0.2, 0.25) is 0 Å². The topological polar surface area (TPSA) is 290 Å². The molecular formula is C23H34N5O16P. The number of hydrogen-bond acceptors (Lipinski definition) is 17. The van der Waals surface area contributed by atoms with Crippen LogP contribution in [-0.2, 0) is 58.5 Å². The van der Waals surface area contributed by atoms with Crippen LogP contribution in [0.5, 0.6) is 0 Å². The fourth-order valence-electron chi connectivity index (χ4n) is 2.65. The molecule has 0 radical (unpaired) electrons. The van der Waals surface area contributed by atoms with E-state index in [2.05, 4.69) is 33.6 Å². The van der Waals surface area contributed by atoms with E-state index in [1.165, 1.54) is 12.7 Å². The van der Waals surface area contributed by atoms with Crippen molar-refractivity contribution in [3.63, 3.8) is 0 Å². The zero-order chi connectivity index (χ0) is 34.2. The Bertz CT molecular complexity index is 1330. The number of carbonyl (C=O) groups excluding carboxylic acids is 2. The lowest BCUT2D eigenvalue weighted by Crippen LogP contribution is -2.30. The monoisotopic (exact) mass is 667 g/mol. The smallest absolute Gasteiger partial charge is 0.478 e. The zero-order valence-corrected chi connectivity index (χ0v) is 25.6. The summed E-state index contributed by atoms with van der Waals surface area (Å²) in [7, 11) is -4.91. The van der Waals surface area contributed by atoms with Crippen LogP contribution >= 0.6 is 7.82 Å². The third-order valence-corrected chi connectivity index (χ3v) is 5.00. The average Bonchev–Trinajstić information content (AvgIpc) is 3.32. The molecule has 2 heterocycles. The first-order valence-electron chi connectivity index (χ1n) is 12.7. The van der Waals surface area contributed by atoms with E-state index >= 15 is 0 Å². The van der Waals surface area contributed by atoms with Crippen molar-refractivity contribution in [2.45, 2.75) is 65.8 Å². The number of nitrogens with zero attached hydrogens (tertiary/aromatic N) is 4. The number of nitrogens with two attached hydrogens (primary N) is 1. The Morgan fingerprint density at radius 2 is 1.56 bits per heavy atom. The number of aliphatic carboxylic acids is 2. The molecule has 0 spiro atoms. The second-order valence-corrected chi connectivity index (χ2v) is 10.2. The number of carbonyl (C=O) groups is 4. The number of hydrogen-bond donors (Lipinski definition) is 4. The molecule has 0 saturated carbocycles. The Morgan fingerprint density at radius 3 is 2.13 bits per heavy atom. The Hall–Kier alpha value is -4.40. The van der Waals surface area contributed by atoms with E-state index in [-0.39, 0.29) is 12.4 Å². The molecule has 0 aliphatic rings. The van der Waals surface area contributed by atoms with Gasteiger partial charge in [0.15, 0.2) is 11.5 Å². The molecule has 2 unspecified atom stereocenters. The maximum Gasteiger partial charge on any atom is 0.511 e. The predicted octanol–water partition coefficient (Wildman–Crippen LogP) is 2.00. The number of phosphoric ester groups is 1. The van der Waals surface area contributed by atoms with Crippen molar-refractivity contribution in [2.24, 2.45) is 0 Å². The highest BCUT2D eigenvalue weighted by atomic mass is 31.2. The lowest BCUT2D eigenvalue weighted by molar-refractivity contribution is -0.330. The van der Waals surface area contributed by atoms with Crippen LogP contribution in [0, 0.1) is 0 Å². The largest absolute Gasteiger partial charge is 0.511 e. The predicted molar refractivity (Wildman–Crippen MR) is 147 cm³/mol. The minimum absolute atomic E-state index is 0.220. The molecule has 0 aliphatic heterocycles. The van der Waals surface area contributed by atoms with E-state index in [9.17, 15) is 28.6 Å². The molecule has 252 valence electrons. The molecule has 0 amide bonds. The van der Waals surface area contributed by atoms with Crippen molar-refractivity contribution < 1.29 is 76.6 Å². The van der Waals surface area contributed by atoms with Gasteiger partial charge in [-0.25, -0.2) is 43.2 Å². The van der Waals surface area contributed by atoms with Gasteiger partial charge in [-0.2, -0.15) is 4.89 Å². The van der Waals surface area contributed by atoms with Gasteiger partial charge in [0, 0.05) is 12.2 Å². The Morgan fingerprint density at radius 1 is 0.956 bits per heavy atom. The number of aromatic nitrogens is 4. The maximum atomic E-state index is 12.0. The quantitative estimate of drug-likeness (QED) is 0.0497. The minimum atomic E-state index is -4.91. The average molecular weight is 668 g/mol. The fraction of sp³-hybridized carbons (Fsp3) is 0.522. The second kappa shape index (κ2) is 19.1. The highest BCUT2D eigenvalue weighted by Crippen LogP contribution is 2.43. The summed E-state index contributed by atoms with van der Waals surface area (Å²) >= 11 is 0. The molecule has 22 heteroatoms. The van der Waals surface area contributed by atoms with Crippen molar-refractivity contribution in [2.75, 3.05) is 19.1 Å². The van der Waals surface area contributed by atoms with E-state index in [0.29, 0.717) is 23.3 Å². The molecule has 0 fully saturated rings. The van der Waals surface area contributed by atoms with E-state index in [0.717, 1.165) is 0 Å². The third-order valence-electron chi connectivity index (χ3n) is 4.30. The van der Waals surface area contributed by atoms with Gasteiger partial charge in [-0.3, -0.25) is 0 Å². The number of imidazole rings is 1. The lowest BCUT2D eigenvalue weighted by Gasteiger charge is -2.21. The molecule has 0 bridgehead atoms. The third kappa shape index (κ3) is 16.9. The van der Waals surface area contributed by atoms with Crippen LogP contribution in [0.15, 0.2) is 24.8 Å². The standard InChI is InChI=1S/C19H30N5O12P.C4H4O4/c1-11(2)32-18(25)30-10-31-37(27,28)36-35-14(34-19(26)33-12(3)4)7-29-13(5)6-24-9-23-15-16(20)21-8-22-17(15)24;5-3(6)1-2-4(7)8/h8-9,11-14H,6-7,10H2,1-5H3,(H,27,28)(H2,20,21,22);1-2H,(H,5,6)(H,7,8)/b;2-1+/t13-,14?;/m1./s1. The van der Waals surface area contributed by atoms with Crippen molar-refractivity contribution in [3.05, 3.63) is 24.8 Å². The van der Waals surface area contributed by atoms with Gasteiger partial charge >= 0.3 is 32.1 Å². The van der Waals surface area contributed by atoms with Gasteiger partial charge in [-0.1, -0.05) is 0 Å². The van der Waals surface area contributed by atoms with Crippen molar-refractivity contribution in [3.8, 4) is 0 Å². The summed E-state index contributed by atoms with van der Waals surface area (Å²) < 4.78 is 47.0. The summed E-state index contributed by atoms with van der Waals surface area (Å²) in [6.07, 6.45) is -1.54. The summed E-state index contributed by atoms with van der Waals surface area (Å²) in [6.45, 7) is 6.82. The van der Waals surface area contributed by atoms with Gasteiger partial charge in [0.1, 0.15) is 18.5 Å². The van der Waals surface area contributed by atoms with Crippen molar-refractivity contribution >= 4 is 49.1 Å². The molecule has 2 rings (SSSR count). The number of fused-ring (bicyclic) bond motifs is 1. The minimum Gasteiger partial charge on any atom is -0.478 e. The van der Waals surface area contributed by atoms with E-state index in [4.69, 9.17) is 35.0 Å². The number of nitrogen functional groups attached to an aromatic ring is 1. The van der Waals surface area contributed by atoms with Crippen LogP contribution in [0.4, 0.5) is 15.4 Å². The molecule has 2 aromatic heterocycles. The first kappa shape index (κ1) is 38.6. The number of carboxylic acids is 2. The van der Waals surface area contributed by atoms with Gasteiger partial charge in [0.25, 0.3) is 6.29 Å². The molecule has 2 aromatic rings. The maximum absolute atomic E-state index is 12.0. The number of phosphoric acid groups is 1. The highest BCUT2D eigenvalue weighted by Gasteiger charge is 2.29. The lowest BCUT2D eigenvalue weighted by atomic mass is 10.4. The van der Waals surface area contributed by atoms with Crippen LogP contribution in [-0.4, -0.2) is 96.9 Å². The molecular weight excluding hydrogens is 633 g/mol. The SMILES string of the molecule is CC(C)OC(=O)OCOP(=O)(O)OOC(CO[C@H](C)Cn1cnc2c(N)ncnc21)OC(=O)OC(C)C.O=C(O)/C=C/C(=O)O. The van der Waals surface area contributed by atoms with Gasteiger partial charge in [0.05, 0.1) is 31.2 Å². The number of carboxylic acid groups (broad SMARTS) is 2. The Kier molecular flexibility index (Phi) is 16.4.